The molecule has 0 saturated heterocycles. The quantitative estimate of drug-likeness (QED) is 0.506. The molecular weight excluding hydrogens is 116 g/mol. The van der Waals surface area contributed by atoms with Crippen LogP contribution in [0, 0.1) is 0 Å². The van der Waals surface area contributed by atoms with Crippen LogP contribution in [0.5, 0.6) is 0 Å². The zero-order chi connectivity index (χ0) is 5.28. The van der Waals surface area contributed by atoms with E-state index in [0.717, 1.165) is 0 Å². The summed E-state index contributed by atoms with van der Waals surface area (Å²) in [5, 5.41) is 5.99. The molecule has 38 valence electrons. The summed E-state index contributed by atoms with van der Waals surface area (Å²) in [6.45, 7) is 0. The molecule has 0 atom stereocenters. The van der Waals surface area contributed by atoms with Gasteiger partial charge in [-0.3, -0.25) is 0 Å². The number of aromatic amines is 1. The van der Waals surface area contributed by atoms with Gasteiger partial charge in [0.1, 0.15) is 0 Å². The number of halogens is 1. The summed E-state index contributed by atoms with van der Waals surface area (Å²) in [6.07, 6.45) is 0. The number of H-pyrrole nitrogens is 1. The molecule has 0 unspecified atom stereocenters. The smallest absolute Gasteiger partial charge is 0.240 e. The first-order chi connectivity index (χ1) is 3.29. The van der Waals surface area contributed by atoms with Crippen molar-refractivity contribution in [3.05, 3.63) is 5.28 Å². The molecule has 0 aliphatic carbocycles. The molecule has 4 nitrogen and oxygen atoms in total. The van der Waals surface area contributed by atoms with E-state index in [-0.39, 0.29) is 11.2 Å². The Kier molecular flexibility index (Phi) is 0.867. The minimum Gasteiger partial charge on any atom is -0.366 e. The van der Waals surface area contributed by atoms with E-state index in [4.69, 9.17) is 17.3 Å². The molecular formula is C2H3ClN4. The van der Waals surface area contributed by atoms with Crippen LogP contribution >= 0.6 is 11.6 Å². The van der Waals surface area contributed by atoms with E-state index in [9.17, 15) is 0 Å². The van der Waals surface area contributed by atoms with Crippen LogP contribution in [0.25, 0.3) is 0 Å². The summed E-state index contributed by atoms with van der Waals surface area (Å²) in [7, 11) is 0. The van der Waals surface area contributed by atoms with Gasteiger partial charge in [0.05, 0.1) is 0 Å². The second-order valence-electron chi connectivity index (χ2n) is 0.984. The lowest BCUT2D eigenvalue weighted by molar-refractivity contribution is 1.10. The maximum atomic E-state index is 5.25. The Morgan fingerprint density at radius 3 is 2.57 bits per heavy atom. The second kappa shape index (κ2) is 1.38. The molecule has 0 radical (unpaired) electrons. The van der Waals surface area contributed by atoms with Crippen molar-refractivity contribution in [3.63, 3.8) is 0 Å². The van der Waals surface area contributed by atoms with E-state index >= 15 is 0 Å². The minimum atomic E-state index is 0.171. The van der Waals surface area contributed by atoms with Crippen LogP contribution in [0.3, 0.4) is 0 Å². The third kappa shape index (κ3) is 0.806. The molecule has 1 aromatic heterocycles. The van der Waals surface area contributed by atoms with Gasteiger partial charge >= 0.3 is 0 Å². The summed E-state index contributed by atoms with van der Waals surface area (Å²) in [6, 6.07) is 0. The maximum absolute atomic E-state index is 5.25. The van der Waals surface area contributed by atoms with Crippen LogP contribution < -0.4 is 5.73 Å². The molecule has 0 aliphatic heterocycles. The summed E-state index contributed by atoms with van der Waals surface area (Å²) >= 11 is 5.25. The zero-order valence-corrected chi connectivity index (χ0v) is 4.11. The van der Waals surface area contributed by atoms with E-state index in [1.807, 2.05) is 0 Å². The Bertz CT molecular complexity index is 142. The van der Waals surface area contributed by atoms with Gasteiger partial charge in [0, 0.05) is 0 Å². The molecule has 5 heteroatoms. The van der Waals surface area contributed by atoms with Gasteiger partial charge in [-0.25, -0.2) is 5.10 Å². The van der Waals surface area contributed by atoms with Crippen LogP contribution in [0.2, 0.25) is 5.28 Å². The molecule has 0 bridgehead atoms. The molecule has 3 N–H and O–H groups in total. The Hall–Kier alpha value is -0.770. The Balaban J connectivity index is 3.04. The normalized spacial score (nSPS) is 9.29. The number of nitrogen functional groups attached to an aromatic ring is 1. The van der Waals surface area contributed by atoms with Gasteiger partial charge < -0.3 is 5.73 Å². The van der Waals surface area contributed by atoms with Gasteiger partial charge in [0.2, 0.25) is 11.2 Å². The van der Waals surface area contributed by atoms with Crippen molar-refractivity contribution in [1.29, 1.82) is 0 Å². The third-order valence-electron chi connectivity index (χ3n) is 0.475. The summed E-state index contributed by atoms with van der Waals surface area (Å²) in [5.74, 6) is 0.171. The Morgan fingerprint density at radius 1 is 1.71 bits per heavy atom. The lowest BCUT2D eigenvalue weighted by Crippen LogP contribution is -1.84. The van der Waals surface area contributed by atoms with Crippen LogP contribution in [0.15, 0.2) is 0 Å². The van der Waals surface area contributed by atoms with Gasteiger partial charge in [0.25, 0.3) is 0 Å². The van der Waals surface area contributed by atoms with Gasteiger partial charge in [-0.05, 0) is 11.6 Å². The highest BCUT2D eigenvalue weighted by atomic mass is 35.5. The van der Waals surface area contributed by atoms with Gasteiger partial charge in [0.15, 0.2) is 0 Å². The number of nitrogens with two attached hydrogens (primary N) is 1. The van der Waals surface area contributed by atoms with Crippen LogP contribution in [-0.4, -0.2) is 15.2 Å². The molecule has 0 amide bonds. The van der Waals surface area contributed by atoms with Crippen LogP contribution in [-0.2, 0) is 0 Å². The third-order valence-corrected chi connectivity index (χ3v) is 0.644. The molecule has 0 saturated carbocycles. The van der Waals surface area contributed by atoms with Crippen molar-refractivity contribution >= 4 is 17.5 Å². The van der Waals surface area contributed by atoms with Crippen molar-refractivity contribution in [2.24, 2.45) is 0 Å². The molecule has 0 aromatic carbocycles. The summed E-state index contributed by atoms with van der Waals surface area (Å²) in [5.41, 5.74) is 5.04. The van der Waals surface area contributed by atoms with Crippen LogP contribution in [0.1, 0.15) is 0 Å². The number of anilines is 1. The van der Waals surface area contributed by atoms with E-state index in [1.165, 1.54) is 0 Å². The first-order valence-electron chi connectivity index (χ1n) is 1.62. The van der Waals surface area contributed by atoms with Crippen molar-refractivity contribution in [3.8, 4) is 0 Å². The van der Waals surface area contributed by atoms with Gasteiger partial charge in [-0.2, -0.15) is 4.98 Å². The summed E-state index contributed by atoms with van der Waals surface area (Å²) < 4.78 is 0. The monoisotopic (exact) mass is 118 g/mol. The Morgan fingerprint density at radius 2 is 2.43 bits per heavy atom. The fraction of sp³-hybridized carbons (Fsp3) is 0. The van der Waals surface area contributed by atoms with E-state index in [1.54, 1.807) is 0 Å². The first-order valence-corrected chi connectivity index (χ1v) is 2.00. The fourth-order valence-corrected chi connectivity index (χ4v) is 0.383. The van der Waals surface area contributed by atoms with Gasteiger partial charge in [-0.15, -0.1) is 5.10 Å². The average molecular weight is 119 g/mol. The predicted octanol–water partition coefficient (Wildman–Crippen LogP) is 0.0403. The van der Waals surface area contributed by atoms with E-state index < -0.39 is 0 Å². The number of aromatic nitrogens is 3. The molecule has 0 fully saturated rings. The first kappa shape index (κ1) is 4.39. The second-order valence-corrected chi connectivity index (χ2v) is 1.34. The minimum absolute atomic E-state index is 0.171. The highest BCUT2D eigenvalue weighted by Crippen LogP contribution is 1.97. The molecule has 1 aromatic rings. The lowest BCUT2D eigenvalue weighted by Gasteiger charge is -1.66. The molecule has 0 aliphatic rings. The van der Waals surface area contributed by atoms with Crippen molar-refractivity contribution < 1.29 is 0 Å². The van der Waals surface area contributed by atoms with Gasteiger partial charge in [-0.1, -0.05) is 0 Å². The highest BCUT2D eigenvalue weighted by Gasteiger charge is 1.89. The van der Waals surface area contributed by atoms with Crippen LogP contribution in [0.4, 0.5) is 5.95 Å². The number of nitrogens with one attached hydrogen (secondary N) is 1. The number of rotatable bonds is 0. The Labute approximate surface area is 44.7 Å². The predicted molar refractivity (Wildman–Crippen MR) is 25.8 cm³/mol. The number of nitrogens with zero attached hydrogens (tertiary/aromatic N) is 2. The molecule has 1 heterocycles. The topological polar surface area (TPSA) is 67.6 Å². The van der Waals surface area contributed by atoms with E-state index in [0.29, 0.717) is 0 Å². The maximum Gasteiger partial charge on any atom is 0.240 e. The fourth-order valence-electron chi connectivity index (χ4n) is 0.254. The molecule has 0 spiro atoms. The summed E-state index contributed by atoms with van der Waals surface area (Å²) in [4.78, 5) is 3.49. The molecule has 7 heavy (non-hydrogen) atoms. The highest BCUT2D eigenvalue weighted by molar-refractivity contribution is 6.28. The SMILES string of the molecule is Nc1n[nH]c(Cl)n1. The van der Waals surface area contributed by atoms with Crippen molar-refractivity contribution in [2.75, 3.05) is 5.73 Å². The lowest BCUT2D eigenvalue weighted by atomic mass is 11.1. The zero-order valence-electron chi connectivity index (χ0n) is 3.35. The standard InChI is InChI=1S/C2H3ClN4/c3-1-5-2(4)7-6-1/h(H3,4,5,6,7). The number of hydrogen-bond donors (Lipinski definition) is 2. The average Bonchev–Trinajstić information content (AvgIpc) is 1.87. The van der Waals surface area contributed by atoms with Crippen molar-refractivity contribution in [1.82, 2.24) is 15.2 Å². The largest absolute Gasteiger partial charge is 0.366 e. The van der Waals surface area contributed by atoms with Crippen molar-refractivity contribution in [2.45, 2.75) is 0 Å². The number of hydrogen-bond acceptors (Lipinski definition) is 3. The molecule has 1 rings (SSSR count). The van der Waals surface area contributed by atoms with E-state index in [2.05, 4.69) is 15.2 Å².